The normalized spacial score (nSPS) is 24.7. The van der Waals surface area contributed by atoms with Crippen LogP contribution in [0.2, 0.25) is 0 Å². The van der Waals surface area contributed by atoms with Crippen molar-refractivity contribution in [1.82, 2.24) is 0 Å². The third kappa shape index (κ3) is 4.65. The Morgan fingerprint density at radius 2 is 2.14 bits per heavy atom. The van der Waals surface area contributed by atoms with E-state index in [1.54, 1.807) is 0 Å². The van der Waals surface area contributed by atoms with Crippen molar-refractivity contribution in [1.29, 1.82) is 0 Å². The SMILES string of the molecule is C#CC(OC(=O)C1C(C=C(Br)Br)C1(C)C)C(F)=CCCF. The Morgan fingerprint density at radius 3 is 2.62 bits per heavy atom. The van der Waals surface area contributed by atoms with E-state index in [0.29, 0.717) is 0 Å². The van der Waals surface area contributed by atoms with Gasteiger partial charge in [-0.25, -0.2) is 4.39 Å². The summed E-state index contributed by atoms with van der Waals surface area (Å²) in [7, 11) is 0. The number of ether oxygens (including phenoxy) is 1. The van der Waals surface area contributed by atoms with Crippen LogP contribution in [-0.2, 0) is 9.53 Å². The molecule has 1 rings (SSSR count). The molecular formula is C15H16Br2F2O2. The lowest BCUT2D eigenvalue weighted by Crippen LogP contribution is -2.20. The molecule has 0 saturated heterocycles. The number of rotatable bonds is 6. The van der Waals surface area contributed by atoms with Gasteiger partial charge in [0.1, 0.15) is 5.83 Å². The van der Waals surface area contributed by atoms with Crippen LogP contribution >= 0.6 is 31.9 Å². The second-order valence-electron chi connectivity index (χ2n) is 5.33. The number of hydrogen-bond donors (Lipinski definition) is 0. The first-order valence-electron chi connectivity index (χ1n) is 6.36. The molecule has 0 aromatic rings. The molecule has 0 spiro atoms. The summed E-state index contributed by atoms with van der Waals surface area (Å²) in [6.07, 6.45) is 6.53. The molecule has 0 aromatic carbocycles. The summed E-state index contributed by atoms with van der Waals surface area (Å²) < 4.78 is 31.4. The monoisotopic (exact) mass is 424 g/mol. The first-order valence-corrected chi connectivity index (χ1v) is 7.95. The summed E-state index contributed by atoms with van der Waals surface area (Å²) in [4.78, 5) is 12.1. The Morgan fingerprint density at radius 1 is 1.52 bits per heavy atom. The smallest absolute Gasteiger partial charge is 0.311 e. The lowest BCUT2D eigenvalue weighted by molar-refractivity contribution is -0.148. The molecule has 116 valence electrons. The van der Waals surface area contributed by atoms with E-state index in [4.69, 9.17) is 11.2 Å². The highest BCUT2D eigenvalue weighted by atomic mass is 79.9. The summed E-state index contributed by atoms with van der Waals surface area (Å²) in [6.45, 7) is 3.15. The Labute approximate surface area is 140 Å². The van der Waals surface area contributed by atoms with E-state index in [1.807, 2.05) is 19.9 Å². The van der Waals surface area contributed by atoms with Gasteiger partial charge in [0.25, 0.3) is 0 Å². The van der Waals surface area contributed by atoms with Gasteiger partial charge in [0.15, 0.2) is 0 Å². The second-order valence-corrected chi connectivity index (χ2v) is 8.10. The largest absolute Gasteiger partial charge is 0.441 e. The maximum atomic E-state index is 13.6. The van der Waals surface area contributed by atoms with E-state index in [1.165, 1.54) is 0 Å². The number of carbonyl (C=O) groups excluding carboxylic acids is 1. The number of halogens is 4. The highest BCUT2D eigenvalue weighted by Crippen LogP contribution is 2.60. The van der Waals surface area contributed by atoms with Crippen LogP contribution in [-0.4, -0.2) is 18.7 Å². The molecule has 1 saturated carbocycles. The summed E-state index contributed by atoms with van der Waals surface area (Å²) in [5.41, 5.74) is -0.276. The van der Waals surface area contributed by atoms with Gasteiger partial charge in [-0.15, -0.1) is 6.42 Å². The molecule has 0 amide bonds. The number of hydrogen-bond acceptors (Lipinski definition) is 2. The molecule has 1 aliphatic carbocycles. The molecule has 0 aromatic heterocycles. The summed E-state index contributed by atoms with van der Waals surface area (Å²) in [6, 6.07) is 0. The van der Waals surface area contributed by atoms with Gasteiger partial charge in [-0.3, -0.25) is 9.18 Å². The van der Waals surface area contributed by atoms with Crippen LogP contribution < -0.4 is 0 Å². The molecule has 0 radical (unpaired) electrons. The zero-order valence-corrected chi connectivity index (χ0v) is 14.9. The topological polar surface area (TPSA) is 26.3 Å². The van der Waals surface area contributed by atoms with Gasteiger partial charge in [-0.1, -0.05) is 25.8 Å². The van der Waals surface area contributed by atoms with Crippen molar-refractivity contribution in [3.05, 3.63) is 21.4 Å². The molecule has 0 N–H and O–H groups in total. The maximum absolute atomic E-state index is 13.6. The lowest BCUT2D eigenvalue weighted by atomic mass is 10.1. The lowest BCUT2D eigenvalue weighted by Gasteiger charge is -2.11. The van der Waals surface area contributed by atoms with Crippen molar-refractivity contribution >= 4 is 37.8 Å². The van der Waals surface area contributed by atoms with Gasteiger partial charge in [-0.2, -0.15) is 0 Å². The van der Waals surface area contributed by atoms with Crippen LogP contribution in [0.3, 0.4) is 0 Å². The van der Waals surface area contributed by atoms with Gasteiger partial charge in [0.2, 0.25) is 6.10 Å². The summed E-state index contributed by atoms with van der Waals surface area (Å²) >= 11 is 6.50. The molecule has 6 heteroatoms. The third-order valence-electron chi connectivity index (χ3n) is 3.55. The van der Waals surface area contributed by atoms with E-state index < -0.39 is 24.6 Å². The summed E-state index contributed by atoms with van der Waals surface area (Å²) in [5, 5.41) is 0. The van der Waals surface area contributed by atoms with E-state index in [-0.39, 0.29) is 23.7 Å². The fourth-order valence-corrected chi connectivity index (χ4v) is 2.80. The van der Waals surface area contributed by atoms with Crippen molar-refractivity contribution in [3.8, 4) is 12.3 Å². The number of alkyl halides is 1. The van der Waals surface area contributed by atoms with Gasteiger partial charge >= 0.3 is 5.97 Å². The van der Waals surface area contributed by atoms with Crippen molar-refractivity contribution < 1.29 is 18.3 Å². The molecule has 1 aliphatic rings. The standard InChI is InChI=1S/C15H16Br2F2O2/c1-4-11(10(19)6-5-7-18)21-14(20)13-9(8-12(16)17)15(13,2)3/h1,6,8-9,11,13H,5,7H2,2-3H3. The zero-order valence-electron chi connectivity index (χ0n) is 11.7. The maximum Gasteiger partial charge on any atom is 0.311 e. The van der Waals surface area contributed by atoms with Crippen LogP contribution in [0.5, 0.6) is 0 Å². The Bertz CT molecular complexity index is 502. The van der Waals surface area contributed by atoms with Crippen molar-refractivity contribution in [2.75, 3.05) is 6.67 Å². The van der Waals surface area contributed by atoms with Gasteiger partial charge in [0, 0.05) is 0 Å². The summed E-state index contributed by atoms with van der Waals surface area (Å²) in [5.74, 6) is 0.308. The number of allylic oxidation sites excluding steroid dienone is 2. The molecule has 0 heterocycles. The minimum absolute atomic E-state index is 0.0185. The molecular weight excluding hydrogens is 410 g/mol. The first-order chi connectivity index (χ1) is 9.75. The first kappa shape index (κ1) is 18.4. The Kier molecular flexibility index (Phi) is 6.61. The predicted octanol–water partition coefficient (Wildman–Crippen LogP) is 4.65. The highest BCUT2D eigenvalue weighted by Gasteiger charge is 2.61. The van der Waals surface area contributed by atoms with Gasteiger partial charge in [-0.05, 0) is 55.7 Å². The van der Waals surface area contributed by atoms with E-state index >= 15 is 0 Å². The average molecular weight is 426 g/mol. The van der Waals surface area contributed by atoms with Crippen LogP contribution in [0, 0.1) is 29.6 Å². The molecule has 2 nitrogen and oxygen atoms in total. The van der Waals surface area contributed by atoms with Crippen LogP contribution in [0.15, 0.2) is 21.4 Å². The van der Waals surface area contributed by atoms with Gasteiger partial charge < -0.3 is 4.74 Å². The molecule has 3 atom stereocenters. The number of terminal acetylenes is 1. The van der Waals surface area contributed by atoms with Crippen molar-refractivity contribution in [2.24, 2.45) is 17.3 Å². The zero-order chi connectivity index (χ0) is 16.2. The minimum atomic E-state index is -1.39. The van der Waals surface area contributed by atoms with Crippen molar-refractivity contribution in [2.45, 2.75) is 26.4 Å². The fourth-order valence-electron chi connectivity index (χ4n) is 2.23. The average Bonchev–Trinajstić information content (AvgIpc) is 2.93. The van der Waals surface area contributed by atoms with E-state index in [0.717, 1.165) is 9.47 Å². The Balaban J connectivity index is 2.73. The van der Waals surface area contributed by atoms with E-state index in [9.17, 15) is 13.6 Å². The van der Waals surface area contributed by atoms with Gasteiger partial charge in [0.05, 0.1) is 16.0 Å². The molecule has 3 unspecified atom stereocenters. The number of esters is 1. The number of carbonyl (C=O) groups is 1. The predicted molar refractivity (Wildman–Crippen MR) is 85.2 cm³/mol. The quantitative estimate of drug-likeness (QED) is 0.457. The van der Waals surface area contributed by atoms with Crippen LogP contribution in [0.4, 0.5) is 8.78 Å². The fraction of sp³-hybridized carbons (Fsp3) is 0.533. The van der Waals surface area contributed by atoms with E-state index in [2.05, 4.69) is 37.8 Å². The third-order valence-corrected chi connectivity index (χ3v) is 4.08. The van der Waals surface area contributed by atoms with Crippen LogP contribution in [0.25, 0.3) is 0 Å². The highest BCUT2D eigenvalue weighted by molar-refractivity contribution is 9.28. The molecule has 1 fully saturated rings. The Hall–Kier alpha value is -0.670. The minimum Gasteiger partial charge on any atom is -0.441 e. The molecule has 21 heavy (non-hydrogen) atoms. The molecule has 0 bridgehead atoms. The van der Waals surface area contributed by atoms with Crippen molar-refractivity contribution in [3.63, 3.8) is 0 Å². The second kappa shape index (κ2) is 7.55. The van der Waals surface area contributed by atoms with Crippen LogP contribution in [0.1, 0.15) is 20.3 Å². The molecule has 0 aliphatic heterocycles.